The summed E-state index contributed by atoms with van der Waals surface area (Å²) >= 11 is 0. The monoisotopic (exact) mass is 406 g/mol. The zero-order valence-electron chi connectivity index (χ0n) is 16.6. The van der Waals surface area contributed by atoms with Crippen molar-refractivity contribution in [2.24, 2.45) is 0 Å². The smallest absolute Gasteiger partial charge is 0.316 e. The number of hydrogen-bond donors (Lipinski definition) is 2. The van der Waals surface area contributed by atoms with Crippen molar-refractivity contribution in [2.45, 2.75) is 13.1 Å². The highest BCUT2D eigenvalue weighted by molar-refractivity contribution is 5.98. The molecule has 0 unspecified atom stereocenters. The molecule has 2 aromatic heterocycles. The molecule has 0 saturated heterocycles. The normalized spacial score (nSPS) is 11.2. The van der Waals surface area contributed by atoms with E-state index in [4.69, 9.17) is 4.74 Å². The number of para-hydroxylation sites is 3. The van der Waals surface area contributed by atoms with Crippen LogP contribution in [0.1, 0.15) is 10.5 Å². The van der Waals surface area contributed by atoms with Crippen LogP contribution < -0.4 is 16.4 Å². The average molecular weight is 406 g/mol. The van der Waals surface area contributed by atoms with Crippen LogP contribution in [-0.4, -0.2) is 40.3 Å². The molecular formula is C22H22N4O4. The zero-order valence-corrected chi connectivity index (χ0v) is 16.6. The number of carbonyl (C=O) groups is 1. The summed E-state index contributed by atoms with van der Waals surface area (Å²) in [4.78, 5) is 39.7. The number of fused-ring (bicyclic) bond motifs is 2. The maximum Gasteiger partial charge on any atom is 0.316 e. The number of nitrogens with one attached hydrogen (secondary N) is 2. The molecular weight excluding hydrogens is 384 g/mol. The van der Waals surface area contributed by atoms with Gasteiger partial charge in [-0.2, -0.15) is 0 Å². The van der Waals surface area contributed by atoms with Gasteiger partial charge in [-0.3, -0.25) is 14.4 Å². The quantitative estimate of drug-likeness (QED) is 0.457. The van der Waals surface area contributed by atoms with Crippen LogP contribution in [0.2, 0.25) is 0 Å². The number of rotatable bonds is 7. The maximum atomic E-state index is 12.9. The molecule has 2 heterocycles. The minimum absolute atomic E-state index is 0.188. The van der Waals surface area contributed by atoms with Gasteiger partial charge in [0.05, 0.1) is 17.6 Å². The van der Waals surface area contributed by atoms with Gasteiger partial charge >= 0.3 is 11.1 Å². The van der Waals surface area contributed by atoms with Crippen LogP contribution in [0.25, 0.3) is 21.9 Å². The second-order valence-electron chi connectivity index (χ2n) is 6.92. The van der Waals surface area contributed by atoms with Crippen LogP contribution in [0.3, 0.4) is 0 Å². The molecule has 8 heteroatoms. The lowest BCUT2D eigenvalue weighted by Gasteiger charge is -2.12. The molecule has 8 nitrogen and oxygen atoms in total. The Morgan fingerprint density at radius 1 is 1.00 bits per heavy atom. The van der Waals surface area contributed by atoms with E-state index in [1.807, 2.05) is 34.9 Å². The number of benzene rings is 2. The van der Waals surface area contributed by atoms with E-state index in [-0.39, 0.29) is 19.0 Å². The molecule has 0 aliphatic carbocycles. The third kappa shape index (κ3) is 3.65. The van der Waals surface area contributed by atoms with Gasteiger partial charge in [0, 0.05) is 37.6 Å². The number of ether oxygens (including phenoxy) is 1. The lowest BCUT2D eigenvalue weighted by atomic mass is 10.2. The number of amides is 1. The Bertz CT molecular complexity index is 1330. The highest BCUT2D eigenvalue weighted by Gasteiger charge is 2.15. The van der Waals surface area contributed by atoms with Crippen molar-refractivity contribution in [3.05, 3.63) is 81.0 Å². The Morgan fingerprint density at radius 3 is 2.53 bits per heavy atom. The summed E-state index contributed by atoms with van der Waals surface area (Å²) in [5.74, 6) is -0.246. The number of aromatic amines is 1. The van der Waals surface area contributed by atoms with E-state index in [0.717, 1.165) is 10.9 Å². The number of nitrogens with zero attached hydrogens (tertiary/aromatic N) is 2. The molecule has 30 heavy (non-hydrogen) atoms. The number of H-pyrrole nitrogens is 1. The van der Waals surface area contributed by atoms with Gasteiger partial charge in [-0.1, -0.05) is 30.3 Å². The molecule has 4 rings (SSSR count). The summed E-state index contributed by atoms with van der Waals surface area (Å²) in [5, 5.41) is 3.83. The Labute approximate surface area is 171 Å². The minimum atomic E-state index is -0.681. The van der Waals surface area contributed by atoms with Crippen molar-refractivity contribution in [3.63, 3.8) is 0 Å². The SMILES string of the molecule is COCCn1c(C(=O)NCCn2c(=O)c(=O)[nH]c3ccccc32)cc2ccccc21. The molecule has 0 atom stereocenters. The van der Waals surface area contributed by atoms with Crippen molar-refractivity contribution in [1.29, 1.82) is 0 Å². The first kappa shape index (κ1) is 19.7. The standard InChI is InChI=1S/C22H22N4O4/c1-30-13-12-25-17-8-4-2-6-15(17)14-19(25)20(27)23-10-11-26-18-9-5-3-7-16(18)24-21(28)22(26)29/h2-9,14H,10-13H2,1H3,(H,23,27)(H,24,28). The van der Waals surface area contributed by atoms with Crippen LogP contribution in [0, 0.1) is 0 Å². The average Bonchev–Trinajstić information content (AvgIpc) is 3.13. The van der Waals surface area contributed by atoms with E-state index in [0.29, 0.717) is 29.9 Å². The van der Waals surface area contributed by atoms with Crippen molar-refractivity contribution in [3.8, 4) is 0 Å². The van der Waals surface area contributed by atoms with E-state index < -0.39 is 11.1 Å². The number of carbonyl (C=O) groups excluding carboxylic acids is 1. The number of methoxy groups -OCH3 is 1. The molecule has 0 radical (unpaired) electrons. The fourth-order valence-electron chi connectivity index (χ4n) is 3.64. The molecule has 2 N–H and O–H groups in total. The van der Waals surface area contributed by atoms with Crippen molar-refractivity contribution < 1.29 is 9.53 Å². The van der Waals surface area contributed by atoms with E-state index in [1.165, 1.54) is 4.57 Å². The van der Waals surface area contributed by atoms with Crippen molar-refractivity contribution in [2.75, 3.05) is 20.3 Å². The molecule has 0 bridgehead atoms. The molecule has 0 aliphatic rings. The van der Waals surface area contributed by atoms with Gasteiger partial charge in [-0.05, 0) is 24.3 Å². The predicted octanol–water partition coefficient (Wildman–Crippen LogP) is 1.72. The molecule has 154 valence electrons. The van der Waals surface area contributed by atoms with E-state index >= 15 is 0 Å². The molecule has 0 aliphatic heterocycles. The Hall–Kier alpha value is -3.65. The van der Waals surface area contributed by atoms with Crippen LogP contribution in [0.5, 0.6) is 0 Å². The highest BCUT2D eigenvalue weighted by atomic mass is 16.5. The third-order valence-corrected chi connectivity index (χ3v) is 5.07. The van der Waals surface area contributed by atoms with Gasteiger partial charge in [-0.25, -0.2) is 0 Å². The molecule has 0 fully saturated rings. The fraction of sp³-hybridized carbons (Fsp3) is 0.227. The maximum absolute atomic E-state index is 12.9. The Kier molecular flexibility index (Phi) is 5.49. The van der Waals surface area contributed by atoms with Gasteiger partial charge in [0.25, 0.3) is 5.91 Å². The molecule has 1 amide bonds. The fourth-order valence-corrected chi connectivity index (χ4v) is 3.64. The summed E-state index contributed by atoms with van der Waals surface area (Å²) < 4.78 is 8.48. The zero-order chi connectivity index (χ0) is 21.1. The van der Waals surface area contributed by atoms with Crippen molar-refractivity contribution in [1.82, 2.24) is 19.4 Å². The van der Waals surface area contributed by atoms with Crippen LogP contribution in [0.15, 0.2) is 64.2 Å². The summed E-state index contributed by atoms with van der Waals surface area (Å²) in [6.45, 7) is 1.42. The first-order chi connectivity index (χ1) is 14.6. The number of aromatic nitrogens is 3. The topological polar surface area (TPSA) is 98.1 Å². The van der Waals surface area contributed by atoms with Gasteiger partial charge in [-0.15, -0.1) is 0 Å². The van der Waals surface area contributed by atoms with Gasteiger partial charge in [0.15, 0.2) is 0 Å². The second kappa shape index (κ2) is 8.38. The van der Waals surface area contributed by atoms with E-state index in [2.05, 4.69) is 10.3 Å². The first-order valence-corrected chi connectivity index (χ1v) is 9.67. The lowest BCUT2D eigenvalue weighted by Crippen LogP contribution is -2.39. The van der Waals surface area contributed by atoms with Gasteiger partial charge in [0.2, 0.25) is 0 Å². The Morgan fingerprint density at radius 2 is 1.73 bits per heavy atom. The third-order valence-electron chi connectivity index (χ3n) is 5.07. The van der Waals surface area contributed by atoms with Crippen LogP contribution >= 0.6 is 0 Å². The minimum Gasteiger partial charge on any atom is -0.383 e. The summed E-state index contributed by atoms with van der Waals surface area (Å²) in [6.07, 6.45) is 0. The lowest BCUT2D eigenvalue weighted by molar-refractivity contribution is 0.0941. The van der Waals surface area contributed by atoms with Crippen LogP contribution in [-0.2, 0) is 17.8 Å². The Balaban J connectivity index is 1.57. The van der Waals surface area contributed by atoms with E-state index in [1.54, 1.807) is 31.4 Å². The second-order valence-corrected chi connectivity index (χ2v) is 6.92. The van der Waals surface area contributed by atoms with E-state index in [9.17, 15) is 14.4 Å². The van der Waals surface area contributed by atoms with Gasteiger partial charge < -0.3 is 24.2 Å². The highest BCUT2D eigenvalue weighted by Crippen LogP contribution is 2.19. The van der Waals surface area contributed by atoms with Crippen LogP contribution in [0.4, 0.5) is 0 Å². The predicted molar refractivity (Wildman–Crippen MR) is 115 cm³/mol. The summed E-state index contributed by atoms with van der Waals surface area (Å²) in [5.41, 5.74) is 1.35. The van der Waals surface area contributed by atoms with Crippen molar-refractivity contribution >= 4 is 27.8 Å². The van der Waals surface area contributed by atoms with Gasteiger partial charge in [0.1, 0.15) is 5.69 Å². The largest absolute Gasteiger partial charge is 0.383 e. The molecule has 2 aromatic carbocycles. The first-order valence-electron chi connectivity index (χ1n) is 9.67. The molecule has 0 saturated carbocycles. The number of hydrogen-bond acceptors (Lipinski definition) is 4. The molecule has 0 spiro atoms. The summed E-state index contributed by atoms with van der Waals surface area (Å²) in [6, 6.07) is 16.7. The molecule has 4 aromatic rings. The summed E-state index contributed by atoms with van der Waals surface area (Å²) in [7, 11) is 1.62.